The second-order valence-corrected chi connectivity index (χ2v) is 3.45. The standard InChI is InChI=1S/C10H10N2O2.C2H6/c1-5-11-7-3-8-10(4-9(7)13-5)14-6(2)12-8;1-2/h3-5,11H,1-2H3;1-2H3. The number of nitrogens with one attached hydrogen (secondary N) is 1. The molecular weight excluding hydrogens is 204 g/mol. The van der Waals surface area contributed by atoms with E-state index in [1.165, 1.54) is 0 Å². The minimum Gasteiger partial charge on any atom is -0.469 e. The molecule has 1 N–H and O–H groups in total. The molecule has 1 aromatic carbocycles. The Hall–Kier alpha value is -1.71. The molecule has 86 valence electrons. The highest BCUT2D eigenvalue weighted by Gasteiger charge is 2.19. The third-order valence-electron chi connectivity index (χ3n) is 2.26. The Morgan fingerprint density at radius 3 is 2.81 bits per heavy atom. The molecule has 3 rings (SSSR count). The number of aryl methyl sites for hydroxylation is 1. The summed E-state index contributed by atoms with van der Waals surface area (Å²) < 4.78 is 10.9. The summed E-state index contributed by atoms with van der Waals surface area (Å²) in [7, 11) is 0. The lowest BCUT2D eigenvalue weighted by molar-refractivity contribution is 0.275. The highest BCUT2D eigenvalue weighted by atomic mass is 16.5. The Morgan fingerprint density at radius 1 is 1.31 bits per heavy atom. The smallest absolute Gasteiger partial charge is 0.192 e. The molecule has 1 atom stereocenters. The van der Waals surface area contributed by atoms with Crippen LogP contribution in [0.4, 0.5) is 5.69 Å². The summed E-state index contributed by atoms with van der Waals surface area (Å²) in [5.41, 5.74) is 2.63. The predicted molar refractivity (Wildman–Crippen MR) is 63.8 cm³/mol. The van der Waals surface area contributed by atoms with Gasteiger partial charge in [-0.05, 0) is 13.0 Å². The number of rotatable bonds is 0. The van der Waals surface area contributed by atoms with E-state index in [0.29, 0.717) is 5.89 Å². The Morgan fingerprint density at radius 2 is 2.06 bits per heavy atom. The number of oxazole rings is 1. The van der Waals surface area contributed by atoms with E-state index in [2.05, 4.69) is 10.3 Å². The van der Waals surface area contributed by atoms with Crippen molar-refractivity contribution in [2.75, 3.05) is 5.32 Å². The fraction of sp³-hybridized carbons (Fsp3) is 0.417. The number of fused-ring (bicyclic) bond motifs is 2. The normalized spacial score (nSPS) is 17.1. The van der Waals surface area contributed by atoms with Crippen LogP contribution in [0.5, 0.6) is 5.75 Å². The average molecular weight is 220 g/mol. The summed E-state index contributed by atoms with van der Waals surface area (Å²) in [4.78, 5) is 4.25. The number of benzene rings is 1. The van der Waals surface area contributed by atoms with Gasteiger partial charge in [-0.1, -0.05) is 13.8 Å². The van der Waals surface area contributed by atoms with Crippen molar-refractivity contribution in [1.29, 1.82) is 0 Å². The Labute approximate surface area is 94.6 Å². The molecule has 1 aliphatic rings. The van der Waals surface area contributed by atoms with E-state index in [1.54, 1.807) is 0 Å². The van der Waals surface area contributed by atoms with Crippen LogP contribution in [0.1, 0.15) is 26.7 Å². The van der Waals surface area contributed by atoms with Crippen LogP contribution >= 0.6 is 0 Å². The number of ether oxygens (including phenoxy) is 1. The van der Waals surface area contributed by atoms with Gasteiger partial charge >= 0.3 is 0 Å². The van der Waals surface area contributed by atoms with Crippen LogP contribution in [0, 0.1) is 6.92 Å². The quantitative estimate of drug-likeness (QED) is 0.739. The molecule has 2 aromatic rings. The molecule has 1 aliphatic heterocycles. The van der Waals surface area contributed by atoms with Gasteiger partial charge in [-0.15, -0.1) is 0 Å². The highest BCUT2D eigenvalue weighted by Crippen LogP contribution is 2.35. The van der Waals surface area contributed by atoms with Crippen molar-refractivity contribution in [3.05, 3.63) is 18.0 Å². The van der Waals surface area contributed by atoms with E-state index < -0.39 is 0 Å². The molecule has 0 fully saturated rings. The largest absolute Gasteiger partial charge is 0.469 e. The van der Waals surface area contributed by atoms with Crippen LogP contribution in [0.25, 0.3) is 11.1 Å². The Balaban J connectivity index is 0.000000457. The molecule has 0 amide bonds. The monoisotopic (exact) mass is 220 g/mol. The first-order chi connectivity index (χ1) is 7.72. The average Bonchev–Trinajstić information content (AvgIpc) is 2.76. The second kappa shape index (κ2) is 4.04. The van der Waals surface area contributed by atoms with Crippen LogP contribution in [-0.2, 0) is 0 Å². The molecule has 0 aliphatic carbocycles. The van der Waals surface area contributed by atoms with Gasteiger partial charge in [0.25, 0.3) is 0 Å². The van der Waals surface area contributed by atoms with Crippen LogP contribution < -0.4 is 10.1 Å². The third kappa shape index (κ3) is 1.71. The minimum absolute atomic E-state index is 0.0256. The van der Waals surface area contributed by atoms with Crippen molar-refractivity contribution in [2.24, 2.45) is 0 Å². The first kappa shape index (κ1) is 10.8. The zero-order valence-electron chi connectivity index (χ0n) is 10.00. The maximum atomic E-state index is 5.53. The van der Waals surface area contributed by atoms with Crippen LogP contribution in [0.2, 0.25) is 0 Å². The van der Waals surface area contributed by atoms with Crippen molar-refractivity contribution in [1.82, 2.24) is 4.98 Å². The maximum absolute atomic E-state index is 5.53. The summed E-state index contributed by atoms with van der Waals surface area (Å²) in [6.07, 6.45) is 0.0256. The summed E-state index contributed by atoms with van der Waals surface area (Å²) >= 11 is 0. The van der Waals surface area contributed by atoms with Gasteiger partial charge in [0.15, 0.2) is 17.7 Å². The van der Waals surface area contributed by atoms with Gasteiger partial charge in [0, 0.05) is 13.0 Å². The fourth-order valence-corrected chi connectivity index (χ4v) is 1.72. The van der Waals surface area contributed by atoms with Gasteiger partial charge in [0.05, 0.1) is 5.69 Å². The molecule has 0 spiro atoms. The zero-order chi connectivity index (χ0) is 11.7. The van der Waals surface area contributed by atoms with E-state index in [4.69, 9.17) is 9.15 Å². The summed E-state index contributed by atoms with van der Waals surface area (Å²) in [5.74, 6) is 1.51. The van der Waals surface area contributed by atoms with E-state index in [0.717, 1.165) is 22.5 Å². The number of anilines is 1. The molecule has 0 bridgehead atoms. The van der Waals surface area contributed by atoms with Gasteiger partial charge in [-0.25, -0.2) is 4.98 Å². The lowest BCUT2D eigenvalue weighted by Gasteiger charge is -2.00. The van der Waals surface area contributed by atoms with Crippen LogP contribution in [0.3, 0.4) is 0 Å². The third-order valence-corrected chi connectivity index (χ3v) is 2.26. The van der Waals surface area contributed by atoms with Crippen LogP contribution in [0.15, 0.2) is 16.5 Å². The van der Waals surface area contributed by atoms with Crippen molar-refractivity contribution >= 4 is 16.8 Å². The van der Waals surface area contributed by atoms with Gasteiger partial charge in [0.1, 0.15) is 11.3 Å². The molecule has 2 heterocycles. The summed E-state index contributed by atoms with van der Waals surface area (Å²) in [5, 5.41) is 3.19. The van der Waals surface area contributed by atoms with Gasteiger partial charge < -0.3 is 14.5 Å². The Kier molecular flexibility index (Phi) is 2.73. The summed E-state index contributed by atoms with van der Waals surface area (Å²) in [6, 6.07) is 3.83. The van der Waals surface area contributed by atoms with Gasteiger partial charge in [0.2, 0.25) is 0 Å². The zero-order valence-corrected chi connectivity index (χ0v) is 10.00. The SMILES string of the molecule is CC.Cc1nc2cc3c(cc2o1)OC(C)N3. The summed E-state index contributed by atoms with van der Waals surface area (Å²) in [6.45, 7) is 7.79. The van der Waals surface area contributed by atoms with Crippen molar-refractivity contribution < 1.29 is 9.15 Å². The van der Waals surface area contributed by atoms with Gasteiger partial charge in [-0.2, -0.15) is 0 Å². The topological polar surface area (TPSA) is 47.3 Å². The molecular formula is C12H16N2O2. The number of aromatic nitrogens is 1. The maximum Gasteiger partial charge on any atom is 0.192 e. The van der Waals surface area contributed by atoms with Crippen molar-refractivity contribution in [3.63, 3.8) is 0 Å². The lowest BCUT2D eigenvalue weighted by atomic mass is 10.2. The molecule has 1 aromatic heterocycles. The lowest BCUT2D eigenvalue weighted by Crippen LogP contribution is -2.13. The fourth-order valence-electron chi connectivity index (χ4n) is 1.72. The molecule has 4 heteroatoms. The first-order valence-electron chi connectivity index (χ1n) is 5.57. The first-order valence-corrected chi connectivity index (χ1v) is 5.57. The van der Waals surface area contributed by atoms with Crippen molar-refractivity contribution in [2.45, 2.75) is 33.9 Å². The second-order valence-electron chi connectivity index (χ2n) is 3.45. The van der Waals surface area contributed by atoms with E-state index in [1.807, 2.05) is 39.8 Å². The van der Waals surface area contributed by atoms with Crippen LogP contribution in [-0.4, -0.2) is 11.2 Å². The van der Waals surface area contributed by atoms with E-state index in [9.17, 15) is 0 Å². The number of nitrogens with zero attached hydrogens (tertiary/aromatic N) is 1. The molecule has 4 nitrogen and oxygen atoms in total. The molecule has 0 radical (unpaired) electrons. The highest BCUT2D eigenvalue weighted by molar-refractivity contribution is 5.82. The molecule has 0 saturated heterocycles. The minimum atomic E-state index is 0.0256. The Bertz CT molecular complexity index is 462. The van der Waals surface area contributed by atoms with E-state index in [-0.39, 0.29) is 6.23 Å². The molecule has 0 saturated carbocycles. The van der Waals surface area contributed by atoms with Crippen molar-refractivity contribution in [3.8, 4) is 5.75 Å². The molecule has 1 unspecified atom stereocenters. The number of hydrogen-bond acceptors (Lipinski definition) is 4. The molecule has 16 heavy (non-hydrogen) atoms. The van der Waals surface area contributed by atoms with E-state index >= 15 is 0 Å². The van der Waals surface area contributed by atoms with Gasteiger partial charge in [-0.3, -0.25) is 0 Å². The predicted octanol–water partition coefficient (Wildman–Crippen LogP) is 3.31. The number of hydrogen-bond donors (Lipinski definition) is 1.